The first kappa shape index (κ1) is 15.6. The Morgan fingerprint density at radius 1 is 1.39 bits per heavy atom. The van der Waals surface area contributed by atoms with Gasteiger partial charge in [0.1, 0.15) is 5.60 Å². The van der Waals surface area contributed by atoms with Crippen molar-refractivity contribution in [2.24, 2.45) is 5.84 Å². The minimum atomic E-state index is -0.614. The largest absolute Gasteiger partial charge is 0.512 e. The van der Waals surface area contributed by atoms with Gasteiger partial charge in [-0.15, -0.1) is 0 Å². The van der Waals surface area contributed by atoms with Crippen LogP contribution < -0.4 is 16.3 Å². The predicted molar refractivity (Wildman–Crippen MR) is 86.4 cm³/mol. The first-order chi connectivity index (χ1) is 10.8. The molecule has 0 saturated carbocycles. The van der Waals surface area contributed by atoms with Crippen molar-refractivity contribution in [3.05, 3.63) is 40.2 Å². The van der Waals surface area contributed by atoms with Crippen LogP contribution in [0.2, 0.25) is 0 Å². The number of amides is 1. The van der Waals surface area contributed by atoms with Crippen LogP contribution >= 0.6 is 0 Å². The van der Waals surface area contributed by atoms with E-state index in [1.54, 1.807) is 39.2 Å². The number of nitrogens with zero attached hydrogens (tertiary/aromatic N) is 2. The van der Waals surface area contributed by atoms with Gasteiger partial charge in [-0.3, -0.25) is 4.98 Å². The van der Waals surface area contributed by atoms with Gasteiger partial charge in [0.2, 0.25) is 0 Å². The normalized spacial score (nSPS) is 19.4. The highest BCUT2D eigenvalue weighted by atomic mass is 16.6. The number of hydrazine groups is 1. The fraction of sp³-hybridized carbons (Fsp3) is 0.412. The van der Waals surface area contributed by atoms with Crippen molar-refractivity contribution in [2.45, 2.75) is 45.3 Å². The molecule has 0 aromatic carbocycles. The van der Waals surface area contributed by atoms with Crippen LogP contribution in [0.4, 0.5) is 4.79 Å². The summed E-state index contributed by atoms with van der Waals surface area (Å²) in [6.45, 7) is 5.39. The van der Waals surface area contributed by atoms with Crippen LogP contribution in [0.5, 0.6) is 0 Å². The Hall–Kier alpha value is -2.34. The SMILES string of the molecule is CC(C)(C)OC(=O)N(N)C1Cc2cncc3c2=C1CC(O)=CC=3. The Bertz CT molecular complexity index is 805. The third kappa shape index (κ3) is 2.94. The second kappa shape index (κ2) is 5.38. The number of hydrogen-bond acceptors (Lipinski definition) is 5. The average Bonchev–Trinajstić information content (AvgIpc) is 2.72. The van der Waals surface area contributed by atoms with Gasteiger partial charge in [0.25, 0.3) is 0 Å². The lowest BCUT2D eigenvalue weighted by Crippen LogP contribution is -2.48. The lowest BCUT2D eigenvalue weighted by molar-refractivity contribution is 0.0204. The molecule has 0 saturated heterocycles. The van der Waals surface area contributed by atoms with Gasteiger partial charge >= 0.3 is 6.09 Å². The van der Waals surface area contributed by atoms with Crippen molar-refractivity contribution >= 4 is 17.7 Å². The number of pyridine rings is 1. The van der Waals surface area contributed by atoms with Crippen LogP contribution in [0, 0.1) is 0 Å². The number of nitrogens with two attached hydrogens (primary N) is 1. The number of hydrogen-bond donors (Lipinski definition) is 2. The maximum atomic E-state index is 12.3. The molecule has 1 aromatic rings. The second-order valence-electron chi connectivity index (χ2n) is 6.90. The number of aromatic nitrogens is 1. The van der Waals surface area contributed by atoms with Crippen molar-refractivity contribution in [3.8, 4) is 0 Å². The van der Waals surface area contributed by atoms with E-state index in [2.05, 4.69) is 4.98 Å². The summed E-state index contributed by atoms with van der Waals surface area (Å²) in [4.78, 5) is 16.5. The Morgan fingerprint density at radius 3 is 2.83 bits per heavy atom. The number of rotatable bonds is 1. The van der Waals surface area contributed by atoms with Gasteiger partial charge in [0.05, 0.1) is 11.8 Å². The molecule has 1 aromatic heterocycles. The maximum absolute atomic E-state index is 12.3. The van der Waals surface area contributed by atoms with E-state index in [-0.39, 0.29) is 11.8 Å². The Morgan fingerprint density at radius 2 is 2.13 bits per heavy atom. The number of allylic oxidation sites excluding steroid dienone is 2. The highest BCUT2D eigenvalue weighted by Gasteiger charge is 2.34. The molecule has 0 bridgehead atoms. The Kier molecular flexibility index (Phi) is 3.64. The molecular weight excluding hydrogens is 294 g/mol. The molecule has 2 aliphatic rings. The molecule has 1 heterocycles. The molecular formula is C17H21N3O3. The van der Waals surface area contributed by atoms with Crippen molar-refractivity contribution < 1.29 is 14.6 Å². The third-order valence-electron chi connectivity index (χ3n) is 3.96. The van der Waals surface area contributed by atoms with Gasteiger partial charge in [0, 0.05) is 30.5 Å². The van der Waals surface area contributed by atoms with Gasteiger partial charge in [-0.1, -0.05) is 0 Å². The molecule has 1 unspecified atom stereocenters. The van der Waals surface area contributed by atoms with Crippen molar-refractivity contribution in [1.82, 2.24) is 9.99 Å². The number of aliphatic hydroxyl groups excluding tert-OH is 1. The van der Waals surface area contributed by atoms with E-state index in [0.29, 0.717) is 12.8 Å². The predicted octanol–water partition coefficient (Wildman–Crippen LogP) is 0.894. The lowest BCUT2D eigenvalue weighted by Gasteiger charge is -2.29. The molecule has 0 radical (unpaired) electrons. The van der Waals surface area contributed by atoms with Gasteiger partial charge in [-0.25, -0.2) is 15.6 Å². The van der Waals surface area contributed by atoms with E-state index in [1.807, 2.05) is 6.08 Å². The van der Waals surface area contributed by atoms with Crippen LogP contribution in [-0.2, 0) is 11.2 Å². The fourth-order valence-corrected chi connectivity index (χ4v) is 3.05. The van der Waals surface area contributed by atoms with Gasteiger partial charge in [0.15, 0.2) is 0 Å². The summed E-state index contributed by atoms with van der Waals surface area (Å²) in [5.74, 6) is 6.29. The van der Waals surface area contributed by atoms with Crippen molar-refractivity contribution in [2.75, 3.05) is 0 Å². The molecule has 0 fully saturated rings. The van der Waals surface area contributed by atoms with E-state index in [4.69, 9.17) is 10.6 Å². The fourth-order valence-electron chi connectivity index (χ4n) is 3.05. The molecule has 3 N–H and O–H groups in total. The maximum Gasteiger partial charge on any atom is 0.425 e. The number of aliphatic hydroxyl groups is 1. The van der Waals surface area contributed by atoms with Crippen LogP contribution in [0.15, 0.2) is 24.2 Å². The number of carbonyl (C=O) groups is 1. The summed E-state index contributed by atoms with van der Waals surface area (Å²) in [6.07, 6.45) is 7.40. The molecule has 0 aliphatic heterocycles. The Labute approximate surface area is 134 Å². The average molecular weight is 315 g/mol. The molecule has 2 aliphatic carbocycles. The molecule has 6 heteroatoms. The summed E-state index contributed by atoms with van der Waals surface area (Å²) >= 11 is 0. The number of ether oxygens (including phenoxy) is 1. The molecule has 6 nitrogen and oxygen atoms in total. The zero-order valence-corrected chi connectivity index (χ0v) is 13.5. The lowest BCUT2D eigenvalue weighted by atomic mass is 10.0. The van der Waals surface area contributed by atoms with E-state index >= 15 is 0 Å². The van der Waals surface area contributed by atoms with E-state index in [1.165, 1.54) is 0 Å². The van der Waals surface area contributed by atoms with Crippen LogP contribution in [0.25, 0.3) is 11.6 Å². The highest BCUT2D eigenvalue weighted by molar-refractivity contribution is 5.73. The Balaban J connectivity index is 2.00. The zero-order valence-electron chi connectivity index (χ0n) is 13.5. The van der Waals surface area contributed by atoms with Crippen molar-refractivity contribution in [3.63, 3.8) is 0 Å². The molecule has 1 atom stereocenters. The first-order valence-electron chi connectivity index (χ1n) is 7.59. The summed E-state index contributed by atoms with van der Waals surface area (Å²) < 4.78 is 5.36. The van der Waals surface area contributed by atoms with Crippen LogP contribution in [-0.4, -0.2) is 32.8 Å². The smallest absolute Gasteiger partial charge is 0.425 e. The number of carbonyl (C=O) groups excluding carboxylic acids is 1. The quantitative estimate of drug-likeness (QED) is 0.456. The van der Waals surface area contributed by atoms with E-state index in [0.717, 1.165) is 26.6 Å². The molecule has 122 valence electrons. The van der Waals surface area contributed by atoms with Crippen LogP contribution in [0.3, 0.4) is 0 Å². The molecule has 3 rings (SSSR count). The molecule has 1 amide bonds. The summed E-state index contributed by atoms with van der Waals surface area (Å²) in [5, 5.41) is 13.1. The van der Waals surface area contributed by atoms with Crippen LogP contribution in [0.1, 0.15) is 32.8 Å². The van der Waals surface area contributed by atoms with Crippen molar-refractivity contribution in [1.29, 1.82) is 0 Å². The second-order valence-corrected chi connectivity index (χ2v) is 6.90. The monoisotopic (exact) mass is 315 g/mol. The topological polar surface area (TPSA) is 88.7 Å². The van der Waals surface area contributed by atoms with Gasteiger partial charge < -0.3 is 9.84 Å². The molecule has 23 heavy (non-hydrogen) atoms. The highest BCUT2D eigenvalue weighted by Crippen LogP contribution is 2.25. The summed E-state index contributed by atoms with van der Waals surface area (Å²) in [7, 11) is 0. The van der Waals surface area contributed by atoms with Gasteiger partial charge in [-0.05, 0) is 49.3 Å². The first-order valence-corrected chi connectivity index (χ1v) is 7.59. The summed E-state index contributed by atoms with van der Waals surface area (Å²) in [5.41, 5.74) is 1.34. The van der Waals surface area contributed by atoms with Gasteiger partial charge in [-0.2, -0.15) is 0 Å². The van der Waals surface area contributed by atoms with E-state index < -0.39 is 11.7 Å². The third-order valence-corrected chi connectivity index (χ3v) is 3.96. The zero-order chi connectivity index (χ0) is 16.8. The van der Waals surface area contributed by atoms with E-state index in [9.17, 15) is 9.90 Å². The minimum Gasteiger partial charge on any atom is -0.512 e. The summed E-state index contributed by atoms with van der Waals surface area (Å²) in [6, 6.07) is -0.343. The minimum absolute atomic E-state index is 0.242. The molecule has 0 spiro atoms. The standard InChI is InChI=1S/C17H21N3O3/c1-17(2,3)23-16(22)20(18)14-6-11-9-19-8-10-4-5-12(21)7-13(14)15(10)11/h4-5,8-9,14,21H,6-7,18H2,1-3H3.